The first-order chi connectivity index (χ1) is 12.9. The molecule has 8 heteroatoms. The molecule has 0 bridgehead atoms. The lowest BCUT2D eigenvalue weighted by molar-refractivity contribution is -0.0258. The Morgan fingerprint density at radius 3 is 2.19 bits per heavy atom. The molecule has 0 saturated heterocycles. The van der Waals surface area contributed by atoms with Crippen LogP contribution in [0.3, 0.4) is 0 Å². The minimum atomic E-state index is -3.73. The molecule has 0 fully saturated rings. The Morgan fingerprint density at radius 2 is 1.63 bits per heavy atom. The summed E-state index contributed by atoms with van der Waals surface area (Å²) in [6, 6.07) is 13.5. The van der Waals surface area contributed by atoms with Crippen molar-refractivity contribution < 1.29 is 22.8 Å². The highest BCUT2D eigenvalue weighted by Crippen LogP contribution is 2.15. The monoisotopic (exact) mass is 392 g/mol. The second-order valence-corrected chi connectivity index (χ2v) is 7.69. The average molecular weight is 392 g/mol. The average Bonchev–Trinajstić information content (AvgIpc) is 2.70. The number of amides is 1. The Labute approximate surface area is 159 Å². The smallest absolute Gasteiger partial charge is 0.264 e. The Hall–Kier alpha value is -2.26. The molecule has 0 heterocycles. The lowest BCUT2D eigenvalue weighted by atomic mass is 10.1. The fourth-order valence-corrected chi connectivity index (χ4v) is 3.26. The van der Waals surface area contributed by atoms with E-state index in [4.69, 9.17) is 9.57 Å². The zero-order chi connectivity index (χ0) is 19.9. The third-order valence-corrected chi connectivity index (χ3v) is 5.65. The van der Waals surface area contributed by atoms with Gasteiger partial charge in [0.15, 0.2) is 0 Å². The Morgan fingerprint density at radius 1 is 1.04 bits per heavy atom. The van der Waals surface area contributed by atoms with Crippen LogP contribution in [-0.2, 0) is 32.7 Å². The van der Waals surface area contributed by atoms with E-state index in [1.807, 2.05) is 31.2 Å². The number of rotatable bonds is 9. The Bertz CT molecular complexity index is 849. The topological polar surface area (TPSA) is 84.9 Å². The molecule has 2 aromatic carbocycles. The van der Waals surface area contributed by atoms with Crippen molar-refractivity contribution in [3.05, 3.63) is 65.2 Å². The van der Waals surface area contributed by atoms with Gasteiger partial charge in [-0.25, -0.2) is 8.42 Å². The highest BCUT2D eigenvalue weighted by Gasteiger charge is 2.20. The Balaban J connectivity index is 1.96. The summed E-state index contributed by atoms with van der Waals surface area (Å²) in [4.78, 5) is 17.0. The molecule has 0 aromatic heterocycles. The number of carbonyl (C=O) groups excluding carboxylic acids is 1. The van der Waals surface area contributed by atoms with Gasteiger partial charge in [-0.3, -0.25) is 9.63 Å². The van der Waals surface area contributed by atoms with Crippen molar-refractivity contribution in [2.75, 3.05) is 20.8 Å². The molecule has 2 aromatic rings. The second kappa shape index (κ2) is 9.61. The quantitative estimate of drug-likeness (QED) is 0.662. The number of sulfonamides is 1. The summed E-state index contributed by atoms with van der Waals surface area (Å²) in [7, 11) is -1.16. The van der Waals surface area contributed by atoms with Crippen LogP contribution in [0, 0.1) is 0 Å². The minimum absolute atomic E-state index is 0.0493. The molecule has 2 rings (SSSR count). The number of nitrogens with zero attached hydrogens (tertiary/aromatic N) is 1. The predicted octanol–water partition coefficient (Wildman–Crippen LogP) is 2.33. The van der Waals surface area contributed by atoms with Crippen molar-refractivity contribution in [1.29, 1.82) is 0 Å². The van der Waals surface area contributed by atoms with Gasteiger partial charge in [-0.1, -0.05) is 28.7 Å². The van der Waals surface area contributed by atoms with E-state index in [1.165, 1.54) is 38.4 Å². The minimum Gasteiger partial charge on any atom is -0.377 e. The van der Waals surface area contributed by atoms with Crippen LogP contribution >= 0.6 is 0 Å². The van der Waals surface area contributed by atoms with Crippen molar-refractivity contribution in [2.24, 2.45) is 0 Å². The number of benzene rings is 2. The normalized spacial score (nSPS) is 11.6. The SMILES string of the molecule is CCOCc1ccc(CNC(=O)c2ccc(S(=O)(=O)N(C)OC)cc2)cc1. The van der Waals surface area contributed by atoms with Crippen LogP contribution in [0.1, 0.15) is 28.4 Å². The van der Waals surface area contributed by atoms with E-state index in [2.05, 4.69) is 5.32 Å². The summed E-state index contributed by atoms with van der Waals surface area (Å²) >= 11 is 0. The maximum atomic E-state index is 12.3. The van der Waals surface area contributed by atoms with Gasteiger partial charge in [0.1, 0.15) is 0 Å². The molecule has 0 saturated carbocycles. The van der Waals surface area contributed by atoms with E-state index in [1.54, 1.807) is 0 Å². The molecule has 0 spiro atoms. The van der Waals surface area contributed by atoms with Crippen LogP contribution in [0.2, 0.25) is 0 Å². The van der Waals surface area contributed by atoms with Crippen molar-refractivity contribution in [3.8, 4) is 0 Å². The first-order valence-corrected chi connectivity index (χ1v) is 9.89. The van der Waals surface area contributed by atoms with Crippen LogP contribution in [0.25, 0.3) is 0 Å². The van der Waals surface area contributed by atoms with Gasteiger partial charge >= 0.3 is 0 Å². The molecule has 0 aliphatic rings. The molecule has 0 atom stereocenters. The summed E-state index contributed by atoms with van der Waals surface area (Å²) < 4.78 is 30.4. The van der Waals surface area contributed by atoms with Gasteiger partial charge in [0.2, 0.25) is 0 Å². The number of hydroxylamine groups is 1. The van der Waals surface area contributed by atoms with Crippen LogP contribution in [0.4, 0.5) is 0 Å². The van der Waals surface area contributed by atoms with Crippen LogP contribution in [0.15, 0.2) is 53.4 Å². The van der Waals surface area contributed by atoms with Crippen molar-refractivity contribution in [3.63, 3.8) is 0 Å². The Kier molecular flexibility index (Phi) is 7.49. The van der Waals surface area contributed by atoms with Gasteiger partial charge in [0, 0.05) is 25.8 Å². The molecule has 1 amide bonds. The van der Waals surface area contributed by atoms with E-state index in [0.717, 1.165) is 15.6 Å². The summed E-state index contributed by atoms with van der Waals surface area (Å²) in [5, 5.41) is 2.82. The van der Waals surface area contributed by atoms with Crippen molar-refractivity contribution in [1.82, 2.24) is 9.79 Å². The second-order valence-electron chi connectivity index (χ2n) is 5.76. The summed E-state index contributed by atoms with van der Waals surface area (Å²) in [6.07, 6.45) is 0. The van der Waals surface area contributed by atoms with E-state index >= 15 is 0 Å². The van der Waals surface area contributed by atoms with Crippen molar-refractivity contribution >= 4 is 15.9 Å². The summed E-state index contributed by atoms with van der Waals surface area (Å²) in [5.74, 6) is -0.280. The number of hydrogen-bond donors (Lipinski definition) is 1. The van der Waals surface area contributed by atoms with Crippen LogP contribution in [0.5, 0.6) is 0 Å². The molecule has 0 radical (unpaired) electrons. The van der Waals surface area contributed by atoms with Crippen LogP contribution < -0.4 is 5.32 Å². The number of carbonyl (C=O) groups is 1. The maximum absolute atomic E-state index is 12.3. The fourth-order valence-electron chi connectivity index (χ4n) is 2.28. The third kappa shape index (κ3) is 5.61. The zero-order valence-electron chi connectivity index (χ0n) is 15.6. The molecule has 7 nitrogen and oxygen atoms in total. The number of ether oxygens (including phenoxy) is 1. The van der Waals surface area contributed by atoms with E-state index in [0.29, 0.717) is 25.3 Å². The van der Waals surface area contributed by atoms with Crippen molar-refractivity contribution in [2.45, 2.75) is 25.0 Å². The maximum Gasteiger partial charge on any atom is 0.264 e. The molecule has 0 aliphatic heterocycles. The molecule has 1 N–H and O–H groups in total. The zero-order valence-corrected chi connectivity index (χ0v) is 16.5. The van der Waals surface area contributed by atoms with Gasteiger partial charge in [0.05, 0.1) is 18.6 Å². The van der Waals surface area contributed by atoms with Gasteiger partial charge < -0.3 is 10.1 Å². The van der Waals surface area contributed by atoms with Gasteiger partial charge in [0.25, 0.3) is 15.9 Å². The van der Waals surface area contributed by atoms with Crippen LogP contribution in [-0.4, -0.2) is 39.6 Å². The first kappa shape index (κ1) is 21.0. The summed E-state index contributed by atoms with van der Waals surface area (Å²) in [5.41, 5.74) is 2.41. The number of nitrogens with one attached hydrogen (secondary N) is 1. The van der Waals surface area contributed by atoms with E-state index < -0.39 is 10.0 Å². The molecule has 0 aliphatic carbocycles. The molecule has 146 valence electrons. The standard InChI is InChI=1S/C19H24N2O5S/c1-4-26-14-16-7-5-15(6-8-16)13-20-19(22)17-9-11-18(12-10-17)27(23,24)21(2)25-3/h5-12H,4,13-14H2,1-3H3,(H,20,22). The lowest BCUT2D eigenvalue weighted by Crippen LogP contribution is -2.26. The van der Waals surface area contributed by atoms with Gasteiger partial charge in [-0.15, -0.1) is 0 Å². The first-order valence-electron chi connectivity index (χ1n) is 8.45. The van der Waals surface area contributed by atoms with Gasteiger partial charge in [-0.2, -0.15) is 0 Å². The number of hydrogen-bond acceptors (Lipinski definition) is 5. The third-order valence-electron chi connectivity index (χ3n) is 3.96. The molecule has 27 heavy (non-hydrogen) atoms. The highest BCUT2D eigenvalue weighted by atomic mass is 32.2. The van der Waals surface area contributed by atoms with E-state index in [-0.39, 0.29) is 10.8 Å². The summed E-state index contributed by atoms with van der Waals surface area (Å²) in [6.45, 7) is 3.55. The van der Waals surface area contributed by atoms with E-state index in [9.17, 15) is 13.2 Å². The van der Waals surface area contributed by atoms with Gasteiger partial charge in [-0.05, 0) is 42.3 Å². The molecule has 0 unspecified atom stereocenters. The highest BCUT2D eigenvalue weighted by molar-refractivity contribution is 7.89. The largest absolute Gasteiger partial charge is 0.377 e. The predicted molar refractivity (Wildman–Crippen MR) is 101 cm³/mol. The fraction of sp³-hybridized carbons (Fsp3) is 0.316. The molecular weight excluding hydrogens is 368 g/mol. The molecular formula is C19H24N2O5S. The lowest BCUT2D eigenvalue weighted by Gasteiger charge is -2.14.